The molecule has 2 amide bonds. The van der Waals surface area contributed by atoms with Crippen LogP contribution in [0.2, 0.25) is 0 Å². The molecule has 1 aliphatic rings. The summed E-state index contributed by atoms with van der Waals surface area (Å²) in [7, 11) is 0.213. The van der Waals surface area contributed by atoms with E-state index in [4.69, 9.17) is 9.47 Å². The molecule has 0 aromatic heterocycles. The van der Waals surface area contributed by atoms with E-state index >= 15 is 0 Å². The summed E-state index contributed by atoms with van der Waals surface area (Å²) >= 11 is 0. The van der Waals surface area contributed by atoms with Gasteiger partial charge in [0.15, 0.2) is 9.84 Å². The SMILES string of the molecule is COc1ccc(OCCNC(=O)N(C)C2CCS(=O)(=O)C2)cc1. The standard InChI is InChI=1S/C15H22N2O5S/c1-17(12-7-10-23(19,20)11-12)15(18)16-8-9-22-14-5-3-13(21-2)4-6-14/h3-6,12H,7-11H2,1-2H3,(H,16,18). The maximum absolute atomic E-state index is 12.0. The van der Waals surface area contributed by atoms with Crippen molar-refractivity contribution in [2.24, 2.45) is 0 Å². The Balaban J connectivity index is 1.70. The highest BCUT2D eigenvalue weighted by Gasteiger charge is 2.32. The smallest absolute Gasteiger partial charge is 0.317 e. The minimum atomic E-state index is -3.00. The van der Waals surface area contributed by atoms with E-state index < -0.39 is 9.84 Å². The number of nitrogens with one attached hydrogen (secondary N) is 1. The second-order valence-electron chi connectivity index (χ2n) is 5.42. The zero-order valence-electron chi connectivity index (χ0n) is 13.3. The molecule has 0 aliphatic carbocycles. The maximum atomic E-state index is 12.0. The number of sulfone groups is 1. The van der Waals surface area contributed by atoms with E-state index in [1.54, 1.807) is 38.4 Å². The van der Waals surface area contributed by atoms with Gasteiger partial charge in [0.25, 0.3) is 0 Å². The van der Waals surface area contributed by atoms with Crippen molar-refractivity contribution in [2.75, 3.05) is 38.8 Å². The van der Waals surface area contributed by atoms with Gasteiger partial charge in [0.2, 0.25) is 0 Å². The molecule has 8 heteroatoms. The molecule has 2 rings (SSSR count). The zero-order valence-corrected chi connectivity index (χ0v) is 14.1. The molecule has 1 unspecified atom stereocenters. The minimum absolute atomic E-state index is 0.0409. The first-order valence-corrected chi connectivity index (χ1v) is 9.21. The minimum Gasteiger partial charge on any atom is -0.497 e. The van der Waals surface area contributed by atoms with Crippen molar-refractivity contribution in [1.29, 1.82) is 0 Å². The van der Waals surface area contributed by atoms with E-state index in [1.807, 2.05) is 0 Å². The van der Waals surface area contributed by atoms with Gasteiger partial charge < -0.3 is 19.7 Å². The first-order valence-electron chi connectivity index (χ1n) is 7.39. The molecular weight excluding hydrogens is 320 g/mol. The number of urea groups is 1. The van der Waals surface area contributed by atoms with Crippen molar-refractivity contribution in [3.05, 3.63) is 24.3 Å². The highest BCUT2D eigenvalue weighted by molar-refractivity contribution is 7.91. The lowest BCUT2D eigenvalue weighted by atomic mass is 10.2. The summed E-state index contributed by atoms with van der Waals surface area (Å²) < 4.78 is 33.5. The van der Waals surface area contributed by atoms with Gasteiger partial charge in [-0.2, -0.15) is 0 Å². The second-order valence-corrected chi connectivity index (χ2v) is 7.65. The topological polar surface area (TPSA) is 84.9 Å². The second kappa shape index (κ2) is 7.54. The van der Waals surface area contributed by atoms with Crippen molar-refractivity contribution in [2.45, 2.75) is 12.5 Å². The van der Waals surface area contributed by atoms with Gasteiger partial charge >= 0.3 is 6.03 Å². The van der Waals surface area contributed by atoms with Crippen LogP contribution in [0.4, 0.5) is 4.79 Å². The van der Waals surface area contributed by atoms with Gasteiger partial charge in [-0.05, 0) is 30.7 Å². The van der Waals surface area contributed by atoms with Crippen LogP contribution in [-0.4, -0.2) is 64.2 Å². The average Bonchev–Trinajstić information content (AvgIpc) is 2.91. The molecule has 1 aromatic carbocycles. The Kier molecular flexibility index (Phi) is 5.70. The number of carbonyl (C=O) groups is 1. The number of hydrogen-bond acceptors (Lipinski definition) is 5. The number of hydrogen-bond donors (Lipinski definition) is 1. The van der Waals surface area contributed by atoms with Gasteiger partial charge in [0, 0.05) is 13.1 Å². The summed E-state index contributed by atoms with van der Waals surface area (Å²) in [5, 5.41) is 2.72. The van der Waals surface area contributed by atoms with Crippen LogP contribution in [0.15, 0.2) is 24.3 Å². The van der Waals surface area contributed by atoms with Crippen LogP contribution in [0.3, 0.4) is 0 Å². The fourth-order valence-electron chi connectivity index (χ4n) is 2.37. The van der Waals surface area contributed by atoms with E-state index in [2.05, 4.69) is 5.32 Å². The Morgan fingerprint density at radius 2 is 1.96 bits per heavy atom. The van der Waals surface area contributed by atoms with Crippen molar-refractivity contribution in [3.63, 3.8) is 0 Å². The monoisotopic (exact) mass is 342 g/mol. The number of methoxy groups -OCH3 is 1. The fraction of sp³-hybridized carbons (Fsp3) is 0.533. The predicted molar refractivity (Wildman–Crippen MR) is 86.7 cm³/mol. The third-order valence-corrected chi connectivity index (χ3v) is 5.53. The van der Waals surface area contributed by atoms with Crippen LogP contribution < -0.4 is 14.8 Å². The number of nitrogens with zero attached hydrogens (tertiary/aromatic N) is 1. The highest BCUT2D eigenvalue weighted by Crippen LogP contribution is 2.17. The molecule has 128 valence electrons. The Bertz CT molecular complexity index is 630. The third-order valence-electron chi connectivity index (χ3n) is 3.78. The summed E-state index contributed by atoms with van der Waals surface area (Å²) in [5.41, 5.74) is 0. The summed E-state index contributed by atoms with van der Waals surface area (Å²) in [4.78, 5) is 13.4. The first-order chi connectivity index (χ1) is 10.9. The van der Waals surface area contributed by atoms with E-state index in [0.29, 0.717) is 25.3 Å². The molecule has 1 atom stereocenters. The average molecular weight is 342 g/mol. The summed E-state index contributed by atoms with van der Waals surface area (Å²) in [6.45, 7) is 0.670. The van der Waals surface area contributed by atoms with Crippen LogP contribution in [0, 0.1) is 0 Å². The molecule has 0 spiro atoms. The van der Waals surface area contributed by atoms with Crippen molar-refractivity contribution < 1.29 is 22.7 Å². The van der Waals surface area contributed by atoms with Crippen LogP contribution in [0.5, 0.6) is 11.5 Å². The number of amides is 2. The highest BCUT2D eigenvalue weighted by atomic mass is 32.2. The lowest BCUT2D eigenvalue weighted by Crippen LogP contribution is -2.45. The number of benzene rings is 1. The molecule has 1 saturated heterocycles. The summed E-state index contributed by atoms with van der Waals surface area (Å²) in [6, 6.07) is 6.63. The fourth-order valence-corrected chi connectivity index (χ4v) is 4.14. The van der Waals surface area contributed by atoms with Gasteiger partial charge in [-0.1, -0.05) is 0 Å². The molecule has 0 radical (unpaired) electrons. The van der Waals surface area contributed by atoms with Gasteiger partial charge in [0.05, 0.1) is 25.2 Å². The van der Waals surface area contributed by atoms with Crippen LogP contribution in [0.1, 0.15) is 6.42 Å². The lowest BCUT2D eigenvalue weighted by Gasteiger charge is -2.23. The van der Waals surface area contributed by atoms with Gasteiger partial charge in [-0.25, -0.2) is 13.2 Å². The molecule has 1 aliphatic heterocycles. The Labute approximate surface area is 136 Å². The molecule has 1 fully saturated rings. The van der Waals surface area contributed by atoms with E-state index in [1.165, 1.54) is 4.90 Å². The largest absolute Gasteiger partial charge is 0.497 e. The Morgan fingerprint density at radius 1 is 1.30 bits per heavy atom. The molecule has 1 heterocycles. The maximum Gasteiger partial charge on any atom is 0.317 e. The molecule has 1 N–H and O–H groups in total. The van der Waals surface area contributed by atoms with Gasteiger partial charge in [-0.15, -0.1) is 0 Å². The summed E-state index contributed by atoms with van der Waals surface area (Å²) in [6.07, 6.45) is 0.495. The number of ether oxygens (including phenoxy) is 2. The normalized spacial score (nSPS) is 19.1. The molecular formula is C15H22N2O5S. The number of rotatable bonds is 6. The predicted octanol–water partition coefficient (Wildman–Crippen LogP) is 0.902. The van der Waals surface area contributed by atoms with Crippen molar-refractivity contribution in [3.8, 4) is 11.5 Å². The molecule has 23 heavy (non-hydrogen) atoms. The number of carbonyl (C=O) groups excluding carboxylic acids is 1. The molecule has 0 bridgehead atoms. The Morgan fingerprint density at radius 3 is 2.52 bits per heavy atom. The van der Waals surface area contributed by atoms with Gasteiger partial charge in [-0.3, -0.25) is 0 Å². The van der Waals surface area contributed by atoms with Crippen LogP contribution in [0.25, 0.3) is 0 Å². The molecule has 0 saturated carbocycles. The lowest BCUT2D eigenvalue weighted by molar-refractivity contribution is 0.192. The van der Waals surface area contributed by atoms with Crippen LogP contribution >= 0.6 is 0 Å². The third kappa shape index (κ3) is 5.02. The quantitative estimate of drug-likeness (QED) is 0.777. The van der Waals surface area contributed by atoms with E-state index in [9.17, 15) is 13.2 Å². The zero-order chi connectivity index (χ0) is 16.9. The van der Waals surface area contributed by atoms with Gasteiger partial charge in [0.1, 0.15) is 18.1 Å². The Hall–Kier alpha value is -1.96. The van der Waals surface area contributed by atoms with E-state index in [0.717, 1.165) is 5.75 Å². The van der Waals surface area contributed by atoms with Crippen molar-refractivity contribution in [1.82, 2.24) is 10.2 Å². The summed E-state index contributed by atoms with van der Waals surface area (Å²) in [5.74, 6) is 1.63. The van der Waals surface area contributed by atoms with Crippen molar-refractivity contribution >= 4 is 15.9 Å². The molecule has 7 nitrogen and oxygen atoms in total. The van der Waals surface area contributed by atoms with E-state index in [-0.39, 0.29) is 23.6 Å². The molecule has 1 aromatic rings. The first kappa shape index (κ1) is 17.4. The van der Waals surface area contributed by atoms with Crippen LogP contribution in [-0.2, 0) is 9.84 Å².